The van der Waals surface area contributed by atoms with Crippen LogP contribution in [0.15, 0.2) is 30.6 Å². The molecule has 0 saturated carbocycles. The van der Waals surface area contributed by atoms with Gasteiger partial charge in [-0.3, -0.25) is 9.48 Å². The molecule has 0 aliphatic carbocycles. The number of amides is 1. The Bertz CT molecular complexity index is 674. The second-order valence-electron chi connectivity index (χ2n) is 4.08. The van der Waals surface area contributed by atoms with E-state index in [1.165, 1.54) is 0 Å². The number of hydrogen-bond acceptors (Lipinski definition) is 4. The zero-order chi connectivity index (χ0) is 15.1. The van der Waals surface area contributed by atoms with Crippen LogP contribution in [-0.4, -0.2) is 39.2 Å². The number of benzene rings is 1. The SMILES string of the molecule is O=C(NCCn1ccnn1)c1ccc(C#CCO)c(Cl)c1. The molecule has 7 heteroatoms. The number of hydrogen-bond donors (Lipinski definition) is 2. The largest absolute Gasteiger partial charge is 0.384 e. The molecule has 1 heterocycles. The molecule has 0 saturated heterocycles. The first-order valence-electron chi connectivity index (χ1n) is 6.22. The number of nitrogens with one attached hydrogen (secondary N) is 1. The first-order chi connectivity index (χ1) is 10.2. The summed E-state index contributed by atoms with van der Waals surface area (Å²) in [6.07, 6.45) is 3.30. The molecule has 0 radical (unpaired) electrons. The molecule has 1 amide bonds. The molecular formula is C14H13ClN4O2. The standard InChI is InChI=1S/C14H13ClN4O2/c15-13-10-12(4-3-11(13)2-1-9-20)14(21)16-5-7-19-8-6-17-18-19/h3-4,6,8,10,20H,5,7,9H2,(H,16,21). The lowest BCUT2D eigenvalue weighted by Gasteiger charge is -2.06. The Balaban J connectivity index is 1.94. The highest BCUT2D eigenvalue weighted by atomic mass is 35.5. The Morgan fingerprint density at radius 1 is 1.48 bits per heavy atom. The van der Waals surface area contributed by atoms with E-state index >= 15 is 0 Å². The van der Waals surface area contributed by atoms with Crippen molar-refractivity contribution in [2.45, 2.75) is 6.54 Å². The van der Waals surface area contributed by atoms with Crippen molar-refractivity contribution in [3.63, 3.8) is 0 Å². The van der Waals surface area contributed by atoms with E-state index in [1.807, 2.05) is 0 Å². The molecule has 0 unspecified atom stereocenters. The average molecular weight is 305 g/mol. The van der Waals surface area contributed by atoms with Crippen LogP contribution < -0.4 is 5.32 Å². The number of rotatable bonds is 4. The van der Waals surface area contributed by atoms with Gasteiger partial charge in [-0.05, 0) is 18.2 Å². The van der Waals surface area contributed by atoms with Gasteiger partial charge in [0.15, 0.2) is 0 Å². The lowest BCUT2D eigenvalue weighted by molar-refractivity contribution is 0.0952. The minimum atomic E-state index is -0.235. The number of aliphatic hydroxyl groups excluding tert-OH is 1. The van der Waals surface area contributed by atoms with Crippen LogP contribution in [0.1, 0.15) is 15.9 Å². The molecule has 0 spiro atoms. The monoisotopic (exact) mass is 304 g/mol. The van der Waals surface area contributed by atoms with Gasteiger partial charge in [-0.15, -0.1) is 5.10 Å². The molecule has 0 fully saturated rings. The van der Waals surface area contributed by atoms with Crippen LogP contribution >= 0.6 is 11.6 Å². The predicted octanol–water partition coefficient (Wildman–Crippen LogP) is 0.705. The second-order valence-corrected chi connectivity index (χ2v) is 4.48. The summed E-state index contributed by atoms with van der Waals surface area (Å²) in [7, 11) is 0. The minimum Gasteiger partial charge on any atom is -0.384 e. The van der Waals surface area contributed by atoms with Gasteiger partial charge in [-0.2, -0.15) is 0 Å². The lowest BCUT2D eigenvalue weighted by atomic mass is 10.1. The van der Waals surface area contributed by atoms with Gasteiger partial charge in [-0.25, -0.2) is 0 Å². The summed E-state index contributed by atoms with van der Waals surface area (Å²) in [5, 5.41) is 19.3. The van der Waals surface area contributed by atoms with Gasteiger partial charge >= 0.3 is 0 Å². The van der Waals surface area contributed by atoms with Gasteiger partial charge in [0.25, 0.3) is 5.91 Å². The minimum absolute atomic E-state index is 0.223. The molecule has 108 valence electrons. The van der Waals surface area contributed by atoms with Gasteiger partial charge in [0.05, 0.1) is 17.8 Å². The number of halogens is 1. The Hall–Kier alpha value is -2.36. The van der Waals surface area contributed by atoms with Crippen LogP contribution in [0.25, 0.3) is 0 Å². The summed E-state index contributed by atoms with van der Waals surface area (Å²) < 4.78 is 1.63. The van der Waals surface area contributed by atoms with Gasteiger partial charge in [0.1, 0.15) is 6.61 Å². The average Bonchev–Trinajstić information content (AvgIpc) is 2.99. The summed E-state index contributed by atoms with van der Waals surface area (Å²) >= 11 is 6.04. The summed E-state index contributed by atoms with van der Waals surface area (Å²) in [5.41, 5.74) is 1.03. The fourth-order valence-corrected chi connectivity index (χ4v) is 1.86. The Labute approximate surface area is 126 Å². The fraction of sp³-hybridized carbons (Fsp3) is 0.214. The maximum Gasteiger partial charge on any atom is 0.251 e. The van der Waals surface area contributed by atoms with Crippen LogP contribution in [0, 0.1) is 11.8 Å². The maximum absolute atomic E-state index is 12.0. The van der Waals surface area contributed by atoms with Crippen molar-refractivity contribution in [3.8, 4) is 11.8 Å². The summed E-state index contributed by atoms with van der Waals surface area (Å²) in [4.78, 5) is 12.0. The van der Waals surface area contributed by atoms with Crippen molar-refractivity contribution in [2.75, 3.05) is 13.2 Å². The smallest absolute Gasteiger partial charge is 0.251 e. The van der Waals surface area contributed by atoms with Crippen LogP contribution in [0.2, 0.25) is 5.02 Å². The van der Waals surface area contributed by atoms with E-state index in [-0.39, 0.29) is 12.5 Å². The first kappa shape index (κ1) is 15.0. The Morgan fingerprint density at radius 2 is 2.33 bits per heavy atom. The van der Waals surface area contributed by atoms with E-state index in [9.17, 15) is 4.79 Å². The van der Waals surface area contributed by atoms with Crippen LogP contribution in [0.4, 0.5) is 0 Å². The molecule has 21 heavy (non-hydrogen) atoms. The van der Waals surface area contributed by atoms with Crippen LogP contribution in [-0.2, 0) is 6.54 Å². The van der Waals surface area contributed by atoms with Crippen molar-refractivity contribution in [2.24, 2.45) is 0 Å². The van der Waals surface area contributed by atoms with Crippen molar-refractivity contribution in [3.05, 3.63) is 46.7 Å². The van der Waals surface area contributed by atoms with Gasteiger partial charge in [0, 0.05) is 23.9 Å². The third kappa shape index (κ3) is 4.31. The molecule has 1 aromatic carbocycles. The molecule has 2 N–H and O–H groups in total. The second kappa shape index (κ2) is 7.43. The Morgan fingerprint density at radius 3 is 3.00 bits per heavy atom. The topological polar surface area (TPSA) is 80.0 Å². The molecule has 1 aromatic heterocycles. The van der Waals surface area contributed by atoms with Crippen molar-refractivity contribution < 1.29 is 9.90 Å². The van der Waals surface area contributed by atoms with E-state index in [0.29, 0.717) is 29.2 Å². The Kier molecular flexibility index (Phi) is 5.32. The first-order valence-corrected chi connectivity index (χ1v) is 6.60. The number of carbonyl (C=O) groups is 1. The normalized spacial score (nSPS) is 9.81. The molecule has 0 bridgehead atoms. The number of aromatic nitrogens is 3. The summed E-state index contributed by atoms with van der Waals surface area (Å²) in [6.45, 7) is 0.742. The third-order valence-electron chi connectivity index (χ3n) is 2.63. The van der Waals surface area contributed by atoms with Crippen molar-refractivity contribution >= 4 is 17.5 Å². The lowest BCUT2D eigenvalue weighted by Crippen LogP contribution is -2.27. The number of nitrogens with zero attached hydrogens (tertiary/aromatic N) is 3. The molecule has 2 rings (SSSR count). The predicted molar refractivity (Wildman–Crippen MR) is 77.8 cm³/mol. The van der Waals surface area contributed by atoms with Gasteiger partial charge in [-0.1, -0.05) is 28.7 Å². The summed E-state index contributed by atoms with van der Waals surface area (Å²) in [5.74, 6) is 4.99. The zero-order valence-electron chi connectivity index (χ0n) is 11.1. The van der Waals surface area contributed by atoms with Crippen molar-refractivity contribution in [1.29, 1.82) is 0 Å². The molecule has 2 aromatic rings. The molecule has 0 atom stereocenters. The molecule has 0 aliphatic heterocycles. The van der Waals surface area contributed by atoms with Crippen LogP contribution in [0.3, 0.4) is 0 Å². The fourth-order valence-electron chi connectivity index (χ4n) is 1.63. The quantitative estimate of drug-likeness (QED) is 0.815. The van der Waals surface area contributed by atoms with E-state index in [2.05, 4.69) is 27.5 Å². The van der Waals surface area contributed by atoms with Gasteiger partial charge in [0.2, 0.25) is 0 Å². The van der Waals surface area contributed by atoms with Gasteiger partial charge < -0.3 is 10.4 Å². The van der Waals surface area contributed by atoms with Crippen LogP contribution in [0.5, 0.6) is 0 Å². The number of carbonyl (C=O) groups excluding carboxylic acids is 1. The maximum atomic E-state index is 12.0. The highest BCUT2D eigenvalue weighted by Gasteiger charge is 2.07. The van der Waals surface area contributed by atoms with E-state index < -0.39 is 0 Å². The van der Waals surface area contributed by atoms with Crippen molar-refractivity contribution in [1.82, 2.24) is 20.3 Å². The van der Waals surface area contributed by atoms with E-state index in [0.717, 1.165) is 0 Å². The number of aliphatic hydroxyl groups is 1. The molecule has 6 nitrogen and oxygen atoms in total. The van der Waals surface area contributed by atoms with E-state index in [4.69, 9.17) is 16.7 Å². The zero-order valence-corrected chi connectivity index (χ0v) is 11.8. The summed E-state index contributed by atoms with van der Waals surface area (Å²) in [6, 6.07) is 4.84. The third-order valence-corrected chi connectivity index (χ3v) is 2.94. The highest BCUT2D eigenvalue weighted by molar-refractivity contribution is 6.32. The molecule has 0 aliphatic rings. The highest BCUT2D eigenvalue weighted by Crippen LogP contribution is 2.16. The van der Waals surface area contributed by atoms with E-state index in [1.54, 1.807) is 35.3 Å². The molecular weight excluding hydrogens is 292 g/mol.